The summed E-state index contributed by atoms with van der Waals surface area (Å²) in [5.41, 5.74) is 1.43. The van der Waals surface area contributed by atoms with Crippen LogP contribution in [0.25, 0.3) is 0 Å². The van der Waals surface area contributed by atoms with Crippen LogP contribution in [0.15, 0.2) is 6.07 Å². The maximum Gasteiger partial charge on any atom is 0.253 e. The largest absolute Gasteiger partial charge is 0.304 e. The SMILES string of the molecule is CC(NCc1cc2c(s1)CCC2)C(F)F. The summed E-state index contributed by atoms with van der Waals surface area (Å²) < 4.78 is 24.5. The highest BCUT2D eigenvalue weighted by atomic mass is 32.1. The van der Waals surface area contributed by atoms with Gasteiger partial charge in [0.25, 0.3) is 6.43 Å². The first kappa shape index (κ1) is 11.0. The minimum atomic E-state index is -2.28. The predicted molar refractivity (Wildman–Crippen MR) is 58.6 cm³/mol. The number of rotatable bonds is 4. The van der Waals surface area contributed by atoms with Gasteiger partial charge in [-0.15, -0.1) is 11.3 Å². The molecule has 84 valence electrons. The lowest BCUT2D eigenvalue weighted by atomic mass is 10.2. The lowest BCUT2D eigenvalue weighted by Gasteiger charge is -2.11. The van der Waals surface area contributed by atoms with E-state index < -0.39 is 12.5 Å². The van der Waals surface area contributed by atoms with Gasteiger partial charge in [0.1, 0.15) is 0 Å². The quantitative estimate of drug-likeness (QED) is 0.840. The molecule has 4 heteroatoms. The van der Waals surface area contributed by atoms with E-state index in [1.165, 1.54) is 35.1 Å². The number of thiophene rings is 1. The fraction of sp³-hybridized carbons (Fsp3) is 0.636. The van der Waals surface area contributed by atoms with Crippen LogP contribution < -0.4 is 5.32 Å². The van der Waals surface area contributed by atoms with Crippen LogP contribution in [-0.4, -0.2) is 12.5 Å². The molecule has 0 amide bonds. The topological polar surface area (TPSA) is 12.0 Å². The van der Waals surface area contributed by atoms with Crippen LogP contribution in [0.5, 0.6) is 0 Å². The molecule has 0 bridgehead atoms. The van der Waals surface area contributed by atoms with E-state index in [2.05, 4.69) is 11.4 Å². The molecule has 0 fully saturated rings. The van der Waals surface area contributed by atoms with Crippen molar-refractivity contribution in [3.05, 3.63) is 21.4 Å². The maximum atomic E-state index is 12.2. The van der Waals surface area contributed by atoms with Gasteiger partial charge < -0.3 is 5.32 Å². The summed E-state index contributed by atoms with van der Waals surface area (Å²) in [4.78, 5) is 2.64. The molecule has 1 N–H and O–H groups in total. The van der Waals surface area contributed by atoms with Crippen molar-refractivity contribution in [2.24, 2.45) is 0 Å². The third-order valence-electron chi connectivity index (χ3n) is 2.77. The lowest BCUT2D eigenvalue weighted by molar-refractivity contribution is 0.105. The molecule has 1 aliphatic rings. The zero-order valence-corrected chi connectivity index (χ0v) is 9.54. The molecule has 1 nitrogen and oxygen atoms in total. The Kier molecular flexibility index (Phi) is 3.36. The molecule has 2 rings (SSSR count). The summed E-state index contributed by atoms with van der Waals surface area (Å²) in [5, 5.41) is 2.85. The number of hydrogen-bond acceptors (Lipinski definition) is 2. The monoisotopic (exact) mass is 231 g/mol. The normalized spacial score (nSPS) is 17.1. The maximum absolute atomic E-state index is 12.2. The van der Waals surface area contributed by atoms with Gasteiger partial charge in [-0.25, -0.2) is 8.78 Å². The lowest BCUT2D eigenvalue weighted by Crippen LogP contribution is -2.31. The molecule has 0 radical (unpaired) electrons. The van der Waals surface area contributed by atoms with Gasteiger partial charge in [-0.3, -0.25) is 0 Å². The second-order valence-electron chi connectivity index (χ2n) is 4.02. The van der Waals surface area contributed by atoms with E-state index in [0.29, 0.717) is 6.54 Å². The van der Waals surface area contributed by atoms with E-state index in [4.69, 9.17) is 0 Å². The fourth-order valence-electron chi connectivity index (χ4n) is 1.83. The highest BCUT2D eigenvalue weighted by Gasteiger charge is 2.17. The Bertz CT molecular complexity index is 314. The molecule has 1 aliphatic carbocycles. The van der Waals surface area contributed by atoms with Crippen molar-refractivity contribution in [1.82, 2.24) is 5.32 Å². The summed E-state index contributed by atoms with van der Waals surface area (Å²) in [7, 11) is 0. The molecular weight excluding hydrogens is 216 g/mol. The van der Waals surface area contributed by atoms with Gasteiger partial charge in [0.2, 0.25) is 0 Å². The van der Waals surface area contributed by atoms with Crippen LogP contribution in [0.1, 0.15) is 28.7 Å². The number of hydrogen-bond donors (Lipinski definition) is 1. The van der Waals surface area contributed by atoms with Crippen molar-refractivity contribution in [1.29, 1.82) is 0 Å². The Morgan fingerprint density at radius 3 is 2.93 bits per heavy atom. The van der Waals surface area contributed by atoms with Crippen molar-refractivity contribution >= 4 is 11.3 Å². The minimum Gasteiger partial charge on any atom is -0.304 e. The molecule has 0 aromatic carbocycles. The van der Waals surface area contributed by atoms with Gasteiger partial charge >= 0.3 is 0 Å². The van der Waals surface area contributed by atoms with Gasteiger partial charge in [-0.2, -0.15) is 0 Å². The molecule has 1 unspecified atom stereocenters. The zero-order chi connectivity index (χ0) is 10.8. The Hall–Kier alpha value is -0.480. The molecule has 1 aromatic heterocycles. The Labute approximate surface area is 92.5 Å². The van der Waals surface area contributed by atoms with Gasteiger partial charge in [-0.05, 0) is 37.8 Å². The zero-order valence-electron chi connectivity index (χ0n) is 8.72. The summed E-state index contributed by atoms with van der Waals surface area (Å²) >= 11 is 1.77. The molecule has 0 aliphatic heterocycles. The van der Waals surface area contributed by atoms with Crippen LogP contribution in [0, 0.1) is 0 Å². The Balaban J connectivity index is 1.89. The van der Waals surface area contributed by atoms with Crippen molar-refractivity contribution < 1.29 is 8.78 Å². The van der Waals surface area contributed by atoms with Gasteiger partial charge in [0.15, 0.2) is 0 Å². The molecule has 15 heavy (non-hydrogen) atoms. The smallest absolute Gasteiger partial charge is 0.253 e. The summed E-state index contributed by atoms with van der Waals surface area (Å²) in [6.07, 6.45) is 1.31. The highest BCUT2D eigenvalue weighted by Crippen LogP contribution is 2.30. The van der Waals surface area contributed by atoms with E-state index >= 15 is 0 Å². The fourth-order valence-corrected chi connectivity index (χ4v) is 3.04. The molecule has 1 heterocycles. The van der Waals surface area contributed by atoms with E-state index in [1.54, 1.807) is 11.3 Å². The van der Waals surface area contributed by atoms with Crippen molar-refractivity contribution in [2.45, 2.75) is 45.2 Å². The molecule has 1 aromatic rings. The average molecular weight is 231 g/mol. The Morgan fingerprint density at radius 2 is 2.27 bits per heavy atom. The molecular formula is C11H15F2NS. The number of alkyl halides is 2. The standard InChI is InChI=1S/C11H15F2NS/c1-7(11(12)13)14-6-9-5-8-3-2-4-10(8)15-9/h5,7,11,14H,2-4,6H2,1H3. The van der Waals surface area contributed by atoms with Gasteiger partial charge in [-0.1, -0.05) is 0 Å². The van der Waals surface area contributed by atoms with Gasteiger partial charge in [0.05, 0.1) is 6.04 Å². The first-order valence-corrected chi connectivity index (χ1v) is 6.10. The van der Waals surface area contributed by atoms with Crippen LogP contribution in [0.4, 0.5) is 8.78 Å². The number of halogens is 2. The predicted octanol–water partition coefficient (Wildman–Crippen LogP) is 2.98. The van der Waals surface area contributed by atoms with E-state index in [0.717, 1.165) is 6.42 Å². The van der Waals surface area contributed by atoms with E-state index in [-0.39, 0.29) is 0 Å². The first-order valence-electron chi connectivity index (χ1n) is 5.29. The van der Waals surface area contributed by atoms with Crippen molar-refractivity contribution in [3.8, 4) is 0 Å². The summed E-state index contributed by atoms with van der Waals surface area (Å²) in [6.45, 7) is 2.09. The Morgan fingerprint density at radius 1 is 1.47 bits per heavy atom. The third-order valence-corrected chi connectivity index (χ3v) is 4.01. The van der Waals surface area contributed by atoms with E-state index in [9.17, 15) is 8.78 Å². The highest BCUT2D eigenvalue weighted by molar-refractivity contribution is 7.12. The average Bonchev–Trinajstić information content (AvgIpc) is 2.72. The van der Waals surface area contributed by atoms with Crippen LogP contribution in [0.2, 0.25) is 0 Å². The van der Waals surface area contributed by atoms with Gasteiger partial charge in [0, 0.05) is 16.3 Å². The first-order chi connectivity index (χ1) is 7.16. The minimum absolute atomic E-state index is 0.573. The van der Waals surface area contributed by atoms with Crippen molar-refractivity contribution in [2.75, 3.05) is 0 Å². The van der Waals surface area contributed by atoms with Crippen LogP contribution in [-0.2, 0) is 19.4 Å². The molecule has 1 atom stereocenters. The summed E-state index contributed by atoms with van der Waals surface area (Å²) in [5.74, 6) is 0. The van der Waals surface area contributed by atoms with Crippen molar-refractivity contribution in [3.63, 3.8) is 0 Å². The third kappa shape index (κ3) is 2.55. The molecule has 0 saturated heterocycles. The number of aryl methyl sites for hydroxylation is 2. The van der Waals surface area contributed by atoms with Crippen LogP contribution in [0.3, 0.4) is 0 Å². The second kappa shape index (κ2) is 4.58. The molecule has 0 saturated carbocycles. The number of fused-ring (bicyclic) bond motifs is 1. The number of nitrogens with one attached hydrogen (secondary N) is 1. The second-order valence-corrected chi connectivity index (χ2v) is 5.24. The van der Waals surface area contributed by atoms with E-state index in [1.807, 2.05) is 0 Å². The summed E-state index contributed by atoms with van der Waals surface area (Å²) in [6, 6.07) is 1.44. The molecule has 0 spiro atoms. The van der Waals surface area contributed by atoms with Crippen LogP contribution >= 0.6 is 11.3 Å².